The van der Waals surface area contributed by atoms with Crippen molar-refractivity contribution in [1.82, 2.24) is 5.32 Å². The molecule has 0 aliphatic heterocycles. The Labute approximate surface area is 122 Å². The van der Waals surface area contributed by atoms with Gasteiger partial charge >= 0.3 is 0 Å². The van der Waals surface area contributed by atoms with Gasteiger partial charge in [-0.15, -0.1) is 11.3 Å². The van der Waals surface area contributed by atoms with Gasteiger partial charge in [0.15, 0.2) is 0 Å². The van der Waals surface area contributed by atoms with Crippen LogP contribution in [0, 0.1) is 11.8 Å². The van der Waals surface area contributed by atoms with E-state index in [1.54, 1.807) is 4.88 Å². The molecule has 1 heterocycles. The van der Waals surface area contributed by atoms with Gasteiger partial charge in [-0.05, 0) is 61.6 Å². The van der Waals surface area contributed by atoms with Crippen LogP contribution in [-0.4, -0.2) is 13.1 Å². The molecule has 0 bridgehead atoms. The van der Waals surface area contributed by atoms with Crippen LogP contribution in [0.2, 0.25) is 0 Å². The van der Waals surface area contributed by atoms with Crippen LogP contribution >= 0.6 is 11.3 Å². The summed E-state index contributed by atoms with van der Waals surface area (Å²) in [5.41, 5.74) is 0. The zero-order valence-electron chi connectivity index (χ0n) is 12.5. The first-order valence-corrected chi connectivity index (χ1v) is 8.97. The van der Waals surface area contributed by atoms with Gasteiger partial charge in [-0.1, -0.05) is 39.2 Å². The molecule has 108 valence electrons. The van der Waals surface area contributed by atoms with Crippen LogP contribution in [0.5, 0.6) is 0 Å². The van der Waals surface area contributed by atoms with Crippen molar-refractivity contribution in [3.8, 4) is 0 Å². The van der Waals surface area contributed by atoms with Crippen molar-refractivity contribution in [3.63, 3.8) is 0 Å². The van der Waals surface area contributed by atoms with E-state index in [9.17, 15) is 0 Å². The molecule has 0 spiro atoms. The van der Waals surface area contributed by atoms with Gasteiger partial charge < -0.3 is 5.32 Å². The van der Waals surface area contributed by atoms with Crippen LogP contribution in [0.1, 0.15) is 63.2 Å². The van der Waals surface area contributed by atoms with E-state index in [2.05, 4.69) is 36.7 Å². The smallest absolute Gasteiger partial charge is 0.00795 e. The summed E-state index contributed by atoms with van der Waals surface area (Å²) in [4.78, 5) is 1.63. The predicted molar refractivity (Wildman–Crippen MR) is 86.0 cm³/mol. The maximum absolute atomic E-state index is 3.65. The van der Waals surface area contributed by atoms with Crippen molar-refractivity contribution in [3.05, 3.63) is 22.4 Å². The fourth-order valence-electron chi connectivity index (χ4n) is 3.55. The van der Waals surface area contributed by atoms with Crippen LogP contribution in [0.25, 0.3) is 0 Å². The number of hydrogen-bond donors (Lipinski definition) is 1. The Hall–Kier alpha value is -0.340. The van der Waals surface area contributed by atoms with E-state index >= 15 is 0 Å². The molecule has 1 fully saturated rings. The van der Waals surface area contributed by atoms with Gasteiger partial charge in [0.1, 0.15) is 0 Å². The first-order valence-electron chi connectivity index (χ1n) is 8.09. The lowest BCUT2D eigenvalue weighted by Crippen LogP contribution is -2.32. The summed E-state index contributed by atoms with van der Waals surface area (Å²) in [5.74, 6) is 2.65. The first-order chi connectivity index (χ1) is 9.35. The van der Waals surface area contributed by atoms with Gasteiger partial charge in [0.25, 0.3) is 0 Å². The zero-order valence-corrected chi connectivity index (χ0v) is 13.3. The van der Waals surface area contributed by atoms with E-state index in [0.717, 1.165) is 17.8 Å². The van der Waals surface area contributed by atoms with Crippen molar-refractivity contribution < 1.29 is 0 Å². The molecule has 1 aliphatic rings. The lowest BCUT2D eigenvalue weighted by atomic mass is 9.72. The Morgan fingerprint density at radius 2 is 2.16 bits per heavy atom. The summed E-state index contributed by atoms with van der Waals surface area (Å²) in [6.07, 6.45) is 8.32. The van der Waals surface area contributed by atoms with E-state index in [0.29, 0.717) is 0 Å². The average Bonchev–Trinajstić information content (AvgIpc) is 2.94. The molecule has 0 radical (unpaired) electrons. The Balaban J connectivity index is 1.96. The second-order valence-corrected chi connectivity index (χ2v) is 7.03. The van der Waals surface area contributed by atoms with E-state index in [4.69, 9.17) is 0 Å². The molecule has 0 saturated heterocycles. The Bertz CT molecular complexity index is 333. The molecule has 2 heteroatoms. The molecule has 1 N–H and O–H groups in total. The zero-order chi connectivity index (χ0) is 13.5. The van der Waals surface area contributed by atoms with Crippen molar-refractivity contribution >= 4 is 11.3 Å². The quantitative estimate of drug-likeness (QED) is 0.689. The van der Waals surface area contributed by atoms with Crippen LogP contribution in [-0.2, 0) is 0 Å². The van der Waals surface area contributed by atoms with Gasteiger partial charge in [-0.2, -0.15) is 0 Å². The molecule has 0 aromatic carbocycles. The lowest BCUT2D eigenvalue weighted by Gasteiger charge is -2.36. The molecule has 1 saturated carbocycles. The number of nitrogens with one attached hydrogen (secondary N) is 1. The number of rotatable bonds is 7. The summed E-state index contributed by atoms with van der Waals surface area (Å²) in [6, 6.07) is 4.58. The Morgan fingerprint density at radius 3 is 2.84 bits per heavy atom. The Kier molecular flexibility index (Phi) is 6.39. The highest BCUT2D eigenvalue weighted by Gasteiger charge is 2.31. The van der Waals surface area contributed by atoms with Crippen molar-refractivity contribution in [2.45, 2.75) is 58.3 Å². The summed E-state index contributed by atoms with van der Waals surface area (Å²) in [5, 5.41) is 5.89. The summed E-state index contributed by atoms with van der Waals surface area (Å²) in [7, 11) is 0. The van der Waals surface area contributed by atoms with Gasteiger partial charge in [-0.25, -0.2) is 0 Å². The molecule has 19 heavy (non-hydrogen) atoms. The summed E-state index contributed by atoms with van der Waals surface area (Å²) < 4.78 is 0. The standard InChI is InChI=1S/C17H29NS/c1-3-6-14-8-9-15(13-18-10-4-2)16(12-14)17-7-5-11-19-17/h5,7,11,14-16,18H,3-4,6,8-10,12-13H2,1-2H3. The largest absolute Gasteiger partial charge is 0.316 e. The van der Waals surface area contributed by atoms with Crippen LogP contribution in [0.3, 0.4) is 0 Å². The van der Waals surface area contributed by atoms with Crippen molar-refractivity contribution in [2.24, 2.45) is 11.8 Å². The average molecular weight is 279 g/mol. The highest BCUT2D eigenvalue weighted by atomic mass is 32.1. The highest BCUT2D eigenvalue weighted by molar-refractivity contribution is 7.10. The van der Waals surface area contributed by atoms with E-state index in [1.165, 1.54) is 51.6 Å². The molecule has 2 rings (SSSR count). The normalized spacial score (nSPS) is 27.6. The summed E-state index contributed by atoms with van der Waals surface area (Å²) in [6.45, 7) is 6.97. The molecule has 3 atom stereocenters. The van der Waals surface area contributed by atoms with Crippen LogP contribution in [0.4, 0.5) is 0 Å². The molecule has 1 aromatic heterocycles. The molecular weight excluding hydrogens is 250 g/mol. The SMILES string of the molecule is CCCNCC1CCC(CCC)CC1c1cccs1. The predicted octanol–water partition coefficient (Wildman–Crippen LogP) is 5.05. The third kappa shape index (κ3) is 4.32. The van der Waals surface area contributed by atoms with Crippen LogP contribution < -0.4 is 5.32 Å². The van der Waals surface area contributed by atoms with E-state index in [-0.39, 0.29) is 0 Å². The monoisotopic (exact) mass is 279 g/mol. The molecule has 1 nitrogen and oxygen atoms in total. The van der Waals surface area contributed by atoms with Gasteiger partial charge in [0.05, 0.1) is 0 Å². The van der Waals surface area contributed by atoms with Crippen molar-refractivity contribution in [2.75, 3.05) is 13.1 Å². The van der Waals surface area contributed by atoms with Gasteiger partial charge in [-0.3, -0.25) is 0 Å². The minimum Gasteiger partial charge on any atom is -0.316 e. The third-order valence-corrected chi connectivity index (χ3v) is 5.55. The minimum absolute atomic E-state index is 0.814. The van der Waals surface area contributed by atoms with E-state index < -0.39 is 0 Å². The van der Waals surface area contributed by atoms with Crippen LogP contribution in [0.15, 0.2) is 17.5 Å². The number of thiophene rings is 1. The van der Waals surface area contributed by atoms with Gasteiger partial charge in [0, 0.05) is 4.88 Å². The molecule has 1 aliphatic carbocycles. The van der Waals surface area contributed by atoms with Gasteiger partial charge in [0.2, 0.25) is 0 Å². The maximum Gasteiger partial charge on any atom is 0.00795 e. The minimum atomic E-state index is 0.814. The molecule has 1 aromatic rings. The lowest BCUT2D eigenvalue weighted by molar-refractivity contribution is 0.223. The highest BCUT2D eigenvalue weighted by Crippen LogP contribution is 2.43. The third-order valence-electron chi connectivity index (χ3n) is 4.54. The number of hydrogen-bond acceptors (Lipinski definition) is 2. The second kappa shape index (κ2) is 8.06. The van der Waals surface area contributed by atoms with E-state index in [1.807, 2.05) is 11.3 Å². The fourth-order valence-corrected chi connectivity index (χ4v) is 4.48. The molecular formula is C17H29NS. The first kappa shape index (κ1) is 15.1. The fraction of sp³-hybridized carbons (Fsp3) is 0.765. The topological polar surface area (TPSA) is 12.0 Å². The Morgan fingerprint density at radius 1 is 1.26 bits per heavy atom. The second-order valence-electron chi connectivity index (χ2n) is 6.05. The maximum atomic E-state index is 3.65. The van der Waals surface area contributed by atoms with Crippen molar-refractivity contribution in [1.29, 1.82) is 0 Å². The summed E-state index contributed by atoms with van der Waals surface area (Å²) >= 11 is 1.96. The molecule has 3 unspecified atom stereocenters. The molecule has 0 amide bonds.